The molecule has 1 atom stereocenters. The summed E-state index contributed by atoms with van der Waals surface area (Å²) in [7, 11) is 0. The Morgan fingerprint density at radius 3 is 2.70 bits per heavy atom. The molecule has 3 aromatic heterocycles. The fourth-order valence-corrected chi connectivity index (χ4v) is 3.61. The van der Waals surface area contributed by atoms with Crippen molar-refractivity contribution in [2.45, 2.75) is 12.5 Å². The molecule has 3 heterocycles. The molecule has 0 fully saturated rings. The Morgan fingerprint density at radius 2 is 1.89 bits per heavy atom. The fraction of sp³-hybridized carbons (Fsp3) is 0.105. The number of nitrogens with zero attached hydrogens (tertiary/aromatic N) is 5. The molecule has 0 amide bonds. The first kappa shape index (κ1) is 17.0. The van der Waals surface area contributed by atoms with Crippen LogP contribution >= 0.6 is 11.3 Å². The van der Waals surface area contributed by atoms with Gasteiger partial charge in [-0.1, -0.05) is 12.1 Å². The second-order valence-corrected chi connectivity index (χ2v) is 6.78. The molecule has 0 bridgehead atoms. The Labute approximate surface area is 159 Å². The number of fused-ring (bicyclic) bond motifs is 1. The maximum Gasteiger partial charge on any atom is 0.237 e. The highest BCUT2D eigenvalue weighted by Crippen LogP contribution is 2.30. The molecule has 0 aliphatic heterocycles. The summed E-state index contributed by atoms with van der Waals surface area (Å²) in [5.41, 5.74) is 8.62. The van der Waals surface area contributed by atoms with Gasteiger partial charge in [0.2, 0.25) is 5.95 Å². The van der Waals surface area contributed by atoms with Crippen LogP contribution in [0.4, 0.5) is 5.95 Å². The van der Waals surface area contributed by atoms with E-state index in [0.717, 1.165) is 20.8 Å². The third kappa shape index (κ3) is 3.89. The summed E-state index contributed by atoms with van der Waals surface area (Å²) in [5, 5.41) is 10.4. The van der Waals surface area contributed by atoms with Crippen molar-refractivity contribution in [1.82, 2.24) is 25.4 Å². The first-order valence-electron chi connectivity index (χ1n) is 8.29. The zero-order valence-electron chi connectivity index (χ0n) is 14.2. The number of hydrogen-bond acceptors (Lipinski definition) is 8. The molecule has 7 nitrogen and oxygen atoms in total. The van der Waals surface area contributed by atoms with Gasteiger partial charge in [-0.15, -0.1) is 11.3 Å². The molecule has 0 saturated heterocycles. The maximum atomic E-state index is 9.69. The average molecular weight is 373 g/mol. The maximum absolute atomic E-state index is 9.69. The zero-order valence-corrected chi connectivity index (χ0v) is 15.0. The van der Waals surface area contributed by atoms with E-state index in [1.165, 1.54) is 11.3 Å². The topological polar surface area (TPSA) is 99.4 Å². The highest BCUT2D eigenvalue weighted by Gasteiger charge is 2.20. The lowest BCUT2D eigenvalue weighted by Crippen LogP contribution is -2.22. The van der Waals surface area contributed by atoms with Gasteiger partial charge in [0, 0.05) is 25.1 Å². The first-order valence-corrected chi connectivity index (χ1v) is 9.11. The number of nitriles is 1. The molecule has 0 spiro atoms. The predicted octanol–water partition coefficient (Wildman–Crippen LogP) is 3.25. The Morgan fingerprint density at radius 1 is 1.04 bits per heavy atom. The molecule has 1 unspecified atom stereocenters. The standard InChI is InChI=1S/C19H15N7S/c20-11-14(18-24-16-3-1-2-4-17(16)27-18)15-7-10-22-19(25-15)26-23-12-13-5-8-21-9-6-13/h1-10,14,23H,12H2,(H,22,25,26). The van der Waals surface area contributed by atoms with Gasteiger partial charge in [0.25, 0.3) is 0 Å². The summed E-state index contributed by atoms with van der Waals surface area (Å²) >= 11 is 1.51. The smallest absolute Gasteiger partial charge is 0.237 e. The van der Waals surface area contributed by atoms with Crippen LogP contribution in [0.5, 0.6) is 0 Å². The fourth-order valence-electron chi connectivity index (χ4n) is 2.58. The number of thiazole rings is 1. The van der Waals surface area contributed by atoms with Gasteiger partial charge in [-0.05, 0) is 35.9 Å². The van der Waals surface area contributed by atoms with Gasteiger partial charge in [0.15, 0.2) is 0 Å². The second kappa shape index (κ2) is 7.86. The van der Waals surface area contributed by atoms with Gasteiger partial charge >= 0.3 is 0 Å². The lowest BCUT2D eigenvalue weighted by molar-refractivity contribution is 0.779. The molecule has 0 saturated carbocycles. The molecule has 132 valence electrons. The number of anilines is 1. The first-order chi connectivity index (χ1) is 13.3. The molecule has 27 heavy (non-hydrogen) atoms. The monoisotopic (exact) mass is 373 g/mol. The van der Waals surface area contributed by atoms with E-state index in [-0.39, 0.29) is 0 Å². The van der Waals surface area contributed by atoms with Gasteiger partial charge in [0.05, 0.1) is 22.0 Å². The Balaban J connectivity index is 1.51. The molecule has 1 aromatic carbocycles. The summed E-state index contributed by atoms with van der Waals surface area (Å²) in [5.74, 6) is -0.130. The highest BCUT2D eigenvalue weighted by atomic mass is 32.1. The van der Waals surface area contributed by atoms with Crippen LogP contribution in [0.15, 0.2) is 61.1 Å². The van der Waals surface area contributed by atoms with Gasteiger partial charge in [-0.2, -0.15) is 5.26 Å². The van der Waals surface area contributed by atoms with Crippen LogP contribution in [0.25, 0.3) is 10.2 Å². The summed E-state index contributed by atoms with van der Waals surface area (Å²) in [6, 6.07) is 15.7. The molecule has 0 radical (unpaired) electrons. The number of para-hydroxylation sites is 1. The van der Waals surface area contributed by atoms with E-state index >= 15 is 0 Å². The summed E-state index contributed by atoms with van der Waals surface area (Å²) < 4.78 is 1.05. The van der Waals surface area contributed by atoms with E-state index in [9.17, 15) is 5.26 Å². The number of pyridine rings is 1. The van der Waals surface area contributed by atoms with Crippen molar-refractivity contribution in [1.29, 1.82) is 5.26 Å². The Kier molecular flexibility index (Phi) is 4.96. The molecule has 0 aliphatic carbocycles. The normalized spacial score (nSPS) is 11.8. The van der Waals surface area contributed by atoms with Crippen molar-refractivity contribution in [3.05, 3.63) is 77.3 Å². The minimum atomic E-state index is -0.536. The van der Waals surface area contributed by atoms with E-state index in [2.05, 4.69) is 36.9 Å². The van der Waals surface area contributed by atoms with Crippen LogP contribution in [-0.2, 0) is 6.54 Å². The summed E-state index contributed by atoms with van der Waals surface area (Å²) in [6.07, 6.45) is 5.11. The van der Waals surface area contributed by atoms with Crippen LogP contribution in [-0.4, -0.2) is 19.9 Å². The molecule has 2 N–H and O–H groups in total. The number of benzene rings is 1. The van der Waals surface area contributed by atoms with Crippen LogP contribution in [0.2, 0.25) is 0 Å². The minimum Gasteiger partial charge on any atom is -0.289 e. The molecular formula is C19H15N7S. The van der Waals surface area contributed by atoms with Crippen LogP contribution < -0.4 is 10.9 Å². The number of nitrogens with one attached hydrogen (secondary N) is 2. The quantitative estimate of drug-likeness (QED) is 0.500. The van der Waals surface area contributed by atoms with Crippen molar-refractivity contribution >= 4 is 27.5 Å². The number of hydrazine groups is 1. The van der Waals surface area contributed by atoms with E-state index in [1.54, 1.807) is 24.7 Å². The van der Waals surface area contributed by atoms with Gasteiger partial charge in [-0.3, -0.25) is 10.4 Å². The van der Waals surface area contributed by atoms with E-state index in [4.69, 9.17) is 0 Å². The van der Waals surface area contributed by atoms with Crippen molar-refractivity contribution in [2.24, 2.45) is 0 Å². The van der Waals surface area contributed by atoms with Gasteiger partial charge in [-0.25, -0.2) is 20.4 Å². The predicted molar refractivity (Wildman–Crippen MR) is 104 cm³/mol. The van der Waals surface area contributed by atoms with Crippen LogP contribution in [0, 0.1) is 11.3 Å². The van der Waals surface area contributed by atoms with E-state index in [1.807, 2.05) is 36.4 Å². The number of rotatable bonds is 6. The molecule has 8 heteroatoms. The minimum absolute atomic E-state index is 0.405. The Hall–Kier alpha value is -3.41. The summed E-state index contributed by atoms with van der Waals surface area (Å²) in [4.78, 5) is 17.2. The van der Waals surface area contributed by atoms with Crippen molar-refractivity contribution in [3.8, 4) is 6.07 Å². The molecule has 4 aromatic rings. The molecular weight excluding hydrogens is 358 g/mol. The second-order valence-electron chi connectivity index (χ2n) is 5.72. The molecule has 0 aliphatic rings. The van der Waals surface area contributed by atoms with E-state index < -0.39 is 5.92 Å². The van der Waals surface area contributed by atoms with Gasteiger partial charge in [0.1, 0.15) is 10.9 Å². The van der Waals surface area contributed by atoms with Crippen molar-refractivity contribution in [2.75, 3.05) is 5.43 Å². The zero-order chi connectivity index (χ0) is 18.5. The third-order valence-corrected chi connectivity index (χ3v) is 5.00. The van der Waals surface area contributed by atoms with E-state index in [0.29, 0.717) is 18.2 Å². The lowest BCUT2D eigenvalue weighted by Gasteiger charge is -2.09. The van der Waals surface area contributed by atoms with Crippen molar-refractivity contribution in [3.63, 3.8) is 0 Å². The summed E-state index contributed by atoms with van der Waals surface area (Å²) in [6.45, 7) is 0.593. The average Bonchev–Trinajstić information content (AvgIpc) is 3.13. The van der Waals surface area contributed by atoms with Crippen LogP contribution in [0.3, 0.4) is 0 Å². The number of hydrogen-bond donors (Lipinski definition) is 2. The SMILES string of the molecule is N#CC(c1ccnc(NNCc2ccncc2)n1)c1nc2ccccc2s1. The number of aromatic nitrogens is 4. The third-order valence-electron chi connectivity index (χ3n) is 3.90. The largest absolute Gasteiger partial charge is 0.289 e. The Bertz CT molecular complexity index is 1050. The highest BCUT2D eigenvalue weighted by molar-refractivity contribution is 7.18. The molecule has 4 rings (SSSR count). The van der Waals surface area contributed by atoms with Crippen molar-refractivity contribution < 1.29 is 0 Å². The van der Waals surface area contributed by atoms with Crippen LogP contribution in [0.1, 0.15) is 22.2 Å². The van der Waals surface area contributed by atoms with Gasteiger partial charge < -0.3 is 0 Å². The lowest BCUT2D eigenvalue weighted by atomic mass is 10.1.